The van der Waals surface area contributed by atoms with Crippen LogP contribution in [0.4, 0.5) is 0 Å². The number of hydrogen-bond donors (Lipinski definition) is 0. The summed E-state index contributed by atoms with van der Waals surface area (Å²) < 4.78 is 5.77. The largest absolute Gasteiger partial charge is 0.489 e. The second-order valence-corrected chi connectivity index (χ2v) is 5.67. The van der Waals surface area contributed by atoms with Crippen LogP contribution in [0, 0.1) is 0 Å². The van der Waals surface area contributed by atoms with Gasteiger partial charge in [0.2, 0.25) is 0 Å². The Hall–Kier alpha value is -0.410. The smallest absolute Gasteiger partial charge is 0.123 e. The summed E-state index contributed by atoms with van der Waals surface area (Å²) in [4.78, 5) is 0. The summed E-state index contributed by atoms with van der Waals surface area (Å²) in [7, 11) is 0. The van der Waals surface area contributed by atoms with Crippen molar-refractivity contribution in [1.82, 2.24) is 0 Å². The second-order valence-electron chi connectivity index (χ2n) is 3.89. The van der Waals surface area contributed by atoms with Gasteiger partial charge >= 0.3 is 0 Å². The average Bonchev–Trinajstić information content (AvgIpc) is 2.41. The Labute approximate surface area is 135 Å². The van der Waals surface area contributed by atoms with Gasteiger partial charge in [0.1, 0.15) is 12.4 Å². The third-order valence-electron chi connectivity index (χ3n) is 2.58. The minimum Gasteiger partial charge on any atom is -0.489 e. The van der Waals surface area contributed by atoms with Crippen molar-refractivity contribution in [3.05, 3.63) is 62.6 Å². The molecule has 0 bridgehead atoms. The molecule has 0 aromatic heterocycles. The number of halogens is 4. The molecule has 0 spiro atoms. The molecule has 0 amide bonds. The molecule has 0 heterocycles. The third kappa shape index (κ3) is 3.79. The van der Waals surface area contributed by atoms with Crippen LogP contribution in [0.15, 0.2) is 36.4 Å². The van der Waals surface area contributed by atoms with E-state index >= 15 is 0 Å². The lowest BCUT2D eigenvalue weighted by Crippen LogP contribution is -1.98. The lowest BCUT2D eigenvalue weighted by atomic mass is 10.2. The molecule has 0 radical (unpaired) electrons. The van der Waals surface area contributed by atoms with Crippen LogP contribution < -0.4 is 4.74 Å². The summed E-state index contributed by atoms with van der Waals surface area (Å²) in [6.07, 6.45) is 0. The maximum absolute atomic E-state index is 6.12. The van der Waals surface area contributed by atoms with Gasteiger partial charge in [0.05, 0.1) is 10.0 Å². The zero-order chi connectivity index (χ0) is 13.8. The first-order valence-electron chi connectivity index (χ1n) is 5.52. The molecular weight excluding hydrogens is 370 g/mol. The number of benzene rings is 2. The van der Waals surface area contributed by atoms with E-state index in [4.69, 9.17) is 39.5 Å². The molecule has 0 saturated heterocycles. The molecule has 1 nitrogen and oxygen atoms in total. The minimum absolute atomic E-state index is 0.362. The normalized spacial score (nSPS) is 10.5. The minimum atomic E-state index is 0.362. The Balaban J connectivity index is 2.17. The van der Waals surface area contributed by atoms with Gasteiger partial charge in [-0.15, -0.1) is 0 Å². The fourth-order valence-corrected chi connectivity index (χ4v) is 2.62. The molecular formula is C14H10BrCl3O. The highest BCUT2D eigenvalue weighted by Crippen LogP contribution is 2.29. The SMILES string of the molecule is Clc1ccc(OCc2cccc(Cl)c2Cl)c(CBr)c1. The topological polar surface area (TPSA) is 9.23 Å². The maximum Gasteiger partial charge on any atom is 0.123 e. The Morgan fingerprint density at radius 1 is 1.00 bits per heavy atom. The van der Waals surface area contributed by atoms with Crippen molar-refractivity contribution in [3.8, 4) is 5.75 Å². The number of hydrogen-bond acceptors (Lipinski definition) is 1. The fourth-order valence-electron chi connectivity index (χ4n) is 1.61. The highest BCUT2D eigenvalue weighted by Gasteiger charge is 2.07. The van der Waals surface area contributed by atoms with Crippen LogP contribution in [0.1, 0.15) is 11.1 Å². The predicted molar refractivity (Wildman–Crippen MR) is 84.9 cm³/mol. The first-order valence-corrected chi connectivity index (χ1v) is 7.77. The van der Waals surface area contributed by atoms with E-state index in [0.29, 0.717) is 27.0 Å². The fraction of sp³-hybridized carbons (Fsp3) is 0.143. The molecule has 2 aromatic rings. The summed E-state index contributed by atoms with van der Waals surface area (Å²) >= 11 is 21.4. The highest BCUT2D eigenvalue weighted by molar-refractivity contribution is 9.08. The number of rotatable bonds is 4. The average molecular weight is 380 g/mol. The van der Waals surface area contributed by atoms with Crippen molar-refractivity contribution in [2.75, 3.05) is 0 Å². The molecule has 5 heteroatoms. The Kier molecular flexibility index (Phi) is 5.40. The van der Waals surface area contributed by atoms with Crippen LogP contribution in [0.5, 0.6) is 5.75 Å². The van der Waals surface area contributed by atoms with E-state index < -0.39 is 0 Å². The molecule has 0 aliphatic carbocycles. The summed E-state index contributed by atoms with van der Waals surface area (Å²) in [5.74, 6) is 0.775. The number of alkyl halides is 1. The Morgan fingerprint density at radius 2 is 1.79 bits per heavy atom. The van der Waals surface area contributed by atoms with Crippen LogP contribution in [0.25, 0.3) is 0 Å². The quantitative estimate of drug-likeness (QED) is 0.581. The second kappa shape index (κ2) is 6.85. The van der Waals surface area contributed by atoms with Gasteiger partial charge < -0.3 is 4.74 Å². The van der Waals surface area contributed by atoms with Crippen LogP contribution in [0.2, 0.25) is 15.1 Å². The monoisotopic (exact) mass is 378 g/mol. The van der Waals surface area contributed by atoms with Gasteiger partial charge in [-0.2, -0.15) is 0 Å². The van der Waals surface area contributed by atoms with E-state index in [1.807, 2.05) is 24.3 Å². The first kappa shape index (κ1) is 15.0. The molecule has 0 N–H and O–H groups in total. The van der Waals surface area contributed by atoms with E-state index in [0.717, 1.165) is 16.9 Å². The Bertz CT molecular complexity index is 587. The lowest BCUT2D eigenvalue weighted by Gasteiger charge is -2.11. The molecule has 2 aromatic carbocycles. The highest BCUT2D eigenvalue weighted by atomic mass is 79.9. The van der Waals surface area contributed by atoms with Crippen molar-refractivity contribution >= 4 is 50.7 Å². The molecule has 0 unspecified atom stereocenters. The molecule has 0 aliphatic heterocycles. The first-order chi connectivity index (χ1) is 9.11. The predicted octanol–water partition coefficient (Wildman–Crippen LogP) is 6.12. The summed E-state index contributed by atoms with van der Waals surface area (Å²) in [5, 5.41) is 2.41. The molecule has 0 fully saturated rings. The molecule has 0 atom stereocenters. The zero-order valence-corrected chi connectivity index (χ0v) is 13.7. The van der Waals surface area contributed by atoms with Crippen molar-refractivity contribution in [3.63, 3.8) is 0 Å². The molecule has 19 heavy (non-hydrogen) atoms. The molecule has 0 saturated carbocycles. The van der Waals surface area contributed by atoms with Gasteiger partial charge in [0.15, 0.2) is 0 Å². The van der Waals surface area contributed by atoms with E-state index in [-0.39, 0.29) is 0 Å². The van der Waals surface area contributed by atoms with E-state index in [2.05, 4.69) is 15.9 Å². The van der Waals surface area contributed by atoms with Gasteiger partial charge in [-0.3, -0.25) is 0 Å². The van der Waals surface area contributed by atoms with Crippen molar-refractivity contribution < 1.29 is 4.74 Å². The van der Waals surface area contributed by atoms with Gasteiger partial charge in [0.25, 0.3) is 0 Å². The van der Waals surface area contributed by atoms with Crippen molar-refractivity contribution in [1.29, 1.82) is 0 Å². The van der Waals surface area contributed by atoms with Gasteiger partial charge in [-0.1, -0.05) is 62.9 Å². The molecule has 0 aliphatic rings. The summed E-state index contributed by atoms with van der Waals surface area (Å²) in [6.45, 7) is 0.362. The number of ether oxygens (including phenoxy) is 1. The third-order valence-corrected chi connectivity index (χ3v) is 4.28. The van der Waals surface area contributed by atoms with Gasteiger partial charge in [-0.05, 0) is 24.3 Å². The van der Waals surface area contributed by atoms with Crippen LogP contribution in [-0.2, 0) is 11.9 Å². The van der Waals surface area contributed by atoms with Gasteiger partial charge in [-0.25, -0.2) is 0 Å². The lowest BCUT2D eigenvalue weighted by molar-refractivity contribution is 0.304. The summed E-state index contributed by atoms with van der Waals surface area (Å²) in [6, 6.07) is 11.0. The molecule has 2 rings (SSSR count). The van der Waals surface area contributed by atoms with Crippen molar-refractivity contribution in [2.45, 2.75) is 11.9 Å². The van der Waals surface area contributed by atoms with Crippen LogP contribution in [-0.4, -0.2) is 0 Å². The Morgan fingerprint density at radius 3 is 2.53 bits per heavy atom. The van der Waals surface area contributed by atoms with E-state index in [1.165, 1.54) is 0 Å². The van der Waals surface area contributed by atoms with Crippen LogP contribution >= 0.6 is 50.7 Å². The van der Waals surface area contributed by atoms with E-state index in [1.54, 1.807) is 12.1 Å². The summed E-state index contributed by atoms with van der Waals surface area (Å²) in [5.41, 5.74) is 1.84. The van der Waals surface area contributed by atoms with Crippen molar-refractivity contribution in [2.24, 2.45) is 0 Å². The van der Waals surface area contributed by atoms with Gasteiger partial charge in [0, 0.05) is 21.5 Å². The van der Waals surface area contributed by atoms with E-state index in [9.17, 15) is 0 Å². The standard InChI is InChI=1S/C14H10BrCl3O/c15-7-10-6-11(16)4-5-13(10)19-8-9-2-1-3-12(17)14(9)18/h1-6H,7-8H2. The molecule has 100 valence electrons. The van der Waals surface area contributed by atoms with Crippen LogP contribution in [0.3, 0.4) is 0 Å². The zero-order valence-electron chi connectivity index (χ0n) is 9.80. The maximum atomic E-state index is 6.12.